The molecular weight excluding hydrogens is 424 g/mol. The minimum absolute atomic E-state index is 0.128. The lowest BCUT2D eigenvalue weighted by Gasteiger charge is -2.24. The van der Waals surface area contributed by atoms with Crippen molar-refractivity contribution in [1.82, 2.24) is 5.32 Å². The lowest BCUT2D eigenvalue weighted by atomic mass is 10.1. The van der Waals surface area contributed by atoms with Gasteiger partial charge in [-0.15, -0.1) is 0 Å². The molecule has 0 spiro atoms. The number of anilines is 1. The molecule has 0 saturated carbocycles. The van der Waals surface area contributed by atoms with Crippen molar-refractivity contribution in [3.05, 3.63) is 90.0 Å². The van der Waals surface area contributed by atoms with Gasteiger partial charge in [-0.3, -0.25) is 9.10 Å². The molecule has 0 unspecified atom stereocenters. The zero-order chi connectivity index (χ0) is 23.0. The van der Waals surface area contributed by atoms with Gasteiger partial charge < -0.3 is 10.1 Å². The molecule has 0 aliphatic rings. The van der Waals surface area contributed by atoms with E-state index in [9.17, 15) is 13.2 Å². The highest BCUT2D eigenvalue weighted by molar-refractivity contribution is 7.92. The van der Waals surface area contributed by atoms with E-state index in [2.05, 4.69) is 5.32 Å². The molecule has 7 heteroatoms. The molecule has 3 rings (SSSR count). The van der Waals surface area contributed by atoms with Crippen LogP contribution in [-0.2, 0) is 21.2 Å². The molecule has 0 radical (unpaired) electrons. The summed E-state index contributed by atoms with van der Waals surface area (Å²) < 4.78 is 33.2. The molecule has 6 nitrogen and oxygen atoms in total. The molecule has 1 amide bonds. The predicted octanol–water partition coefficient (Wildman–Crippen LogP) is 3.95. The number of methoxy groups -OCH3 is 1. The number of sulfonamides is 1. The summed E-state index contributed by atoms with van der Waals surface area (Å²) in [5, 5.41) is 2.84. The van der Waals surface area contributed by atoms with Gasteiger partial charge in [0.05, 0.1) is 17.7 Å². The van der Waals surface area contributed by atoms with Crippen molar-refractivity contribution in [2.75, 3.05) is 24.5 Å². The first kappa shape index (κ1) is 23.3. The second-order valence-corrected chi connectivity index (χ2v) is 9.33. The highest BCUT2D eigenvalue weighted by Crippen LogP contribution is 2.27. The molecule has 0 heterocycles. The fraction of sp³-hybridized carbons (Fsp3) is 0.240. The van der Waals surface area contributed by atoms with E-state index in [1.807, 2.05) is 37.3 Å². The van der Waals surface area contributed by atoms with Gasteiger partial charge in [-0.2, -0.15) is 0 Å². The Morgan fingerprint density at radius 2 is 1.69 bits per heavy atom. The van der Waals surface area contributed by atoms with Crippen LogP contribution in [-0.4, -0.2) is 34.5 Å². The maximum Gasteiger partial charge on any atom is 0.264 e. The van der Waals surface area contributed by atoms with Crippen molar-refractivity contribution in [2.45, 2.75) is 24.7 Å². The molecule has 1 N–H and O–H groups in total. The summed E-state index contributed by atoms with van der Waals surface area (Å²) in [5.41, 5.74) is 2.51. The number of nitrogens with zero attached hydrogens (tertiary/aromatic N) is 1. The third-order valence-electron chi connectivity index (χ3n) is 5.04. The number of nitrogens with one attached hydrogen (secondary N) is 1. The minimum atomic E-state index is -3.95. The molecule has 0 saturated heterocycles. The number of rotatable bonds is 10. The van der Waals surface area contributed by atoms with Crippen LogP contribution in [0.5, 0.6) is 5.75 Å². The monoisotopic (exact) mass is 452 g/mol. The quantitative estimate of drug-likeness (QED) is 0.473. The van der Waals surface area contributed by atoms with E-state index in [-0.39, 0.29) is 17.3 Å². The first-order valence-corrected chi connectivity index (χ1v) is 11.9. The Labute approximate surface area is 189 Å². The molecule has 32 heavy (non-hydrogen) atoms. The predicted molar refractivity (Wildman–Crippen MR) is 126 cm³/mol. The summed E-state index contributed by atoms with van der Waals surface area (Å²) in [6, 6.07) is 23.3. The number of benzene rings is 3. The van der Waals surface area contributed by atoms with Crippen molar-refractivity contribution in [3.63, 3.8) is 0 Å². The minimum Gasteiger partial charge on any atom is -0.497 e. The fourth-order valence-electron chi connectivity index (χ4n) is 3.27. The van der Waals surface area contributed by atoms with Crippen molar-refractivity contribution in [1.29, 1.82) is 0 Å². The zero-order valence-electron chi connectivity index (χ0n) is 18.3. The summed E-state index contributed by atoms with van der Waals surface area (Å²) in [6.07, 6.45) is 1.60. The van der Waals surface area contributed by atoms with Crippen LogP contribution in [0.2, 0.25) is 0 Å². The Morgan fingerprint density at radius 3 is 2.38 bits per heavy atom. The molecule has 3 aromatic carbocycles. The van der Waals surface area contributed by atoms with Crippen LogP contribution >= 0.6 is 0 Å². The number of ether oxygens (including phenoxy) is 1. The van der Waals surface area contributed by atoms with E-state index in [1.54, 1.807) is 48.5 Å². The van der Waals surface area contributed by atoms with Crippen LogP contribution in [0, 0.1) is 6.92 Å². The molecule has 168 valence electrons. The molecule has 3 aromatic rings. The van der Waals surface area contributed by atoms with Crippen molar-refractivity contribution >= 4 is 21.6 Å². The number of amides is 1. The Balaban J connectivity index is 1.75. The normalized spacial score (nSPS) is 11.1. The molecular formula is C25H28N2O4S. The Bertz CT molecular complexity index is 1130. The van der Waals surface area contributed by atoms with Gasteiger partial charge in [0.1, 0.15) is 12.3 Å². The lowest BCUT2D eigenvalue weighted by Crippen LogP contribution is -2.41. The molecule has 0 bridgehead atoms. The van der Waals surface area contributed by atoms with Gasteiger partial charge in [-0.1, -0.05) is 54.1 Å². The first-order valence-electron chi connectivity index (χ1n) is 10.4. The standard InChI is InChI=1S/C25H28N2O4S/c1-20-13-15-24(16-14-20)32(29,30)27(22-11-6-12-23(18-22)31-2)19-25(28)26-17-7-10-21-8-4-3-5-9-21/h3-6,8-9,11-16,18H,7,10,17,19H2,1-2H3,(H,26,28). The number of hydrogen-bond acceptors (Lipinski definition) is 4. The van der Waals surface area contributed by atoms with E-state index >= 15 is 0 Å². The van der Waals surface area contributed by atoms with Gasteiger partial charge in [0.15, 0.2) is 0 Å². The Hall–Kier alpha value is -3.32. The van der Waals surface area contributed by atoms with E-state index < -0.39 is 10.0 Å². The first-order chi connectivity index (χ1) is 15.4. The average Bonchev–Trinajstić information content (AvgIpc) is 2.81. The number of hydrogen-bond donors (Lipinski definition) is 1. The third kappa shape index (κ3) is 6.11. The summed E-state index contributed by atoms with van der Waals surface area (Å²) in [6.45, 7) is 2.03. The molecule has 0 fully saturated rings. The summed E-state index contributed by atoms with van der Waals surface area (Å²) in [4.78, 5) is 12.8. The highest BCUT2D eigenvalue weighted by Gasteiger charge is 2.27. The van der Waals surface area contributed by atoms with Crippen LogP contribution in [0.3, 0.4) is 0 Å². The third-order valence-corrected chi connectivity index (χ3v) is 6.83. The van der Waals surface area contributed by atoms with Gasteiger partial charge in [-0.25, -0.2) is 8.42 Å². The molecule has 0 aliphatic heterocycles. The van der Waals surface area contributed by atoms with Crippen LogP contribution in [0.25, 0.3) is 0 Å². The maximum atomic E-state index is 13.4. The van der Waals surface area contributed by atoms with Gasteiger partial charge in [-0.05, 0) is 49.6 Å². The fourth-order valence-corrected chi connectivity index (χ4v) is 4.68. The summed E-state index contributed by atoms with van der Waals surface area (Å²) >= 11 is 0. The van der Waals surface area contributed by atoms with E-state index in [1.165, 1.54) is 12.7 Å². The molecule has 0 atom stereocenters. The van der Waals surface area contributed by atoms with Crippen LogP contribution in [0.15, 0.2) is 83.8 Å². The summed E-state index contributed by atoms with van der Waals surface area (Å²) in [5.74, 6) is 0.145. The summed E-state index contributed by atoms with van der Waals surface area (Å²) in [7, 11) is -2.44. The Kier molecular flexibility index (Phi) is 7.89. The largest absolute Gasteiger partial charge is 0.497 e. The van der Waals surface area contributed by atoms with Gasteiger partial charge >= 0.3 is 0 Å². The van der Waals surface area contributed by atoms with Crippen molar-refractivity contribution < 1.29 is 17.9 Å². The number of carbonyl (C=O) groups is 1. The van der Waals surface area contributed by atoms with Crippen LogP contribution < -0.4 is 14.4 Å². The maximum absolute atomic E-state index is 13.4. The van der Waals surface area contributed by atoms with E-state index in [0.29, 0.717) is 18.0 Å². The Morgan fingerprint density at radius 1 is 0.969 bits per heavy atom. The topological polar surface area (TPSA) is 75.7 Å². The van der Waals surface area contributed by atoms with Crippen molar-refractivity contribution in [2.24, 2.45) is 0 Å². The van der Waals surface area contributed by atoms with Crippen LogP contribution in [0.1, 0.15) is 17.5 Å². The smallest absolute Gasteiger partial charge is 0.264 e. The highest BCUT2D eigenvalue weighted by atomic mass is 32.2. The van der Waals surface area contributed by atoms with Crippen molar-refractivity contribution in [3.8, 4) is 5.75 Å². The zero-order valence-corrected chi connectivity index (χ0v) is 19.1. The molecule has 0 aliphatic carbocycles. The average molecular weight is 453 g/mol. The van der Waals surface area contributed by atoms with Gasteiger partial charge in [0, 0.05) is 12.6 Å². The van der Waals surface area contributed by atoms with Gasteiger partial charge in [0.25, 0.3) is 10.0 Å². The van der Waals surface area contributed by atoms with Crippen LogP contribution in [0.4, 0.5) is 5.69 Å². The van der Waals surface area contributed by atoms with E-state index in [4.69, 9.17) is 4.74 Å². The SMILES string of the molecule is COc1cccc(N(CC(=O)NCCCc2ccccc2)S(=O)(=O)c2ccc(C)cc2)c1. The van der Waals surface area contributed by atoms with E-state index in [0.717, 1.165) is 22.7 Å². The molecule has 0 aromatic heterocycles. The second kappa shape index (κ2) is 10.8. The number of aryl methyl sites for hydroxylation is 2. The van der Waals surface area contributed by atoms with Gasteiger partial charge in [0.2, 0.25) is 5.91 Å². The number of carbonyl (C=O) groups excluding carboxylic acids is 1. The second-order valence-electron chi connectivity index (χ2n) is 7.47. The lowest BCUT2D eigenvalue weighted by molar-refractivity contribution is -0.119.